The average Bonchev–Trinajstić information content (AvgIpc) is 2.85. The van der Waals surface area contributed by atoms with Crippen molar-refractivity contribution >= 4 is 11.8 Å². The number of aliphatic hydroxyl groups excluding tert-OH is 1. The highest BCUT2D eigenvalue weighted by Gasteiger charge is 2.27. The molecule has 0 heterocycles. The van der Waals surface area contributed by atoms with Gasteiger partial charge in [0.25, 0.3) is 0 Å². The summed E-state index contributed by atoms with van der Waals surface area (Å²) < 4.78 is 0. The topological polar surface area (TPSA) is 32.3 Å². The molecule has 2 N–H and O–H groups in total. The molecule has 1 unspecified atom stereocenters. The van der Waals surface area contributed by atoms with Crippen LogP contribution in [0.1, 0.15) is 65.7 Å². The molecular weight excluding hydrogens is 242 g/mol. The lowest BCUT2D eigenvalue weighted by Crippen LogP contribution is -2.51. The van der Waals surface area contributed by atoms with Crippen LogP contribution >= 0.6 is 11.8 Å². The molecule has 0 aromatic heterocycles. The minimum absolute atomic E-state index is 0.0512. The van der Waals surface area contributed by atoms with E-state index in [-0.39, 0.29) is 12.1 Å². The third-order valence-corrected chi connectivity index (χ3v) is 5.50. The molecule has 0 bridgehead atoms. The Morgan fingerprint density at radius 2 is 2.00 bits per heavy atom. The number of nitrogens with one attached hydrogen (secondary N) is 1. The van der Waals surface area contributed by atoms with E-state index >= 15 is 0 Å². The Morgan fingerprint density at radius 1 is 1.33 bits per heavy atom. The number of hydrogen-bond acceptors (Lipinski definition) is 3. The van der Waals surface area contributed by atoms with Crippen molar-refractivity contribution in [3.05, 3.63) is 0 Å². The molecule has 0 amide bonds. The van der Waals surface area contributed by atoms with Crippen molar-refractivity contribution in [3.8, 4) is 0 Å². The maximum atomic E-state index is 9.67. The summed E-state index contributed by atoms with van der Waals surface area (Å²) in [5.74, 6) is 1.26. The van der Waals surface area contributed by atoms with Crippen LogP contribution in [0.5, 0.6) is 0 Å². The van der Waals surface area contributed by atoms with Gasteiger partial charge in [-0.3, -0.25) is 0 Å². The van der Waals surface area contributed by atoms with Gasteiger partial charge in [-0.05, 0) is 37.9 Å². The van der Waals surface area contributed by atoms with Crippen LogP contribution in [0, 0.1) is 0 Å². The molecule has 0 aliphatic heterocycles. The van der Waals surface area contributed by atoms with E-state index in [9.17, 15) is 5.11 Å². The van der Waals surface area contributed by atoms with Crippen molar-refractivity contribution in [2.75, 3.05) is 12.4 Å². The maximum absolute atomic E-state index is 9.67. The fourth-order valence-corrected chi connectivity index (χ4v) is 4.23. The number of thioether (sulfide) groups is 1. The first-order valence-electron chi connectivity index (χ1n) is 7.62. The summed E-state index contributed by atoms with van der Waals surface area (Å²) in [6.07, 6.45) is 9.04. The van der Waals surface area contributed by atoms with Gasteiger partial charge in [0.2, 0.25) is 0 Å². The summed E-state index contributed by atoms with van der Waals surface area (Å²) in [4.78, 5) is 0. The zero-order valence-electron chi connectivity index (χ0n) is 12.4. The molecule has 0 radical (unpaired) electrons. The van der Waals surface area contributed by atoms with Crippen LogP contribution in [0.2, 0.25) is 0 Å². The lowest BCUT2D eigenvalue weighted by atomic mass is 9.91. The highest BCUT2D eigenvalue weighted by atomic mass is 32.2. The Bertz CT molecular complexity index is 211. The van der Waals surface area contributed by atoms with E-state index in [4.69, 9.17) is 0 Å². The van der Waals surface area contributed by atoms with Gasteiger partial charge < -0.3 is 10.4 Å². The monoisotopic (exact) mass is 273 g/mol. The second-order valence-electron chi connectivity index (χ2n) is 5.97. The van der Waals surface area contributed by atoms with E-state index in [0.717, 1.165) is 18.1 Å². The van der Waals surface area contributed by atoms with Gasteiger partial charge in [-0.1, -0.05) is 33.6 Å². The lowest BCUT2D eigenvalue weighted by Gasteiger charge is -2.34. The first kappa shape index (κ1) is 16.3. The first-order chi connectivity index (χ1) is 8.62. The zero-order chi connectivity index (χ0) is 13.4. The van der Waals surface area contributed by atoms with E-state index in [1.54, 1.807) is 0 Å². The van der Waals surface area contributed by atoms with Crippen LogP contribution in [0.4, 0.5) is 0 Å². The van der Waals surface area contributed by atoms with Crippen LogP contribution in [0.3, 0.4) is 0 Å². The van der Waals surface area contributed by atoms with Crippen molar-refractivity contribution in [3.63, 3.8) is 0 Å². The van der Waals surface area contributed by atoms with Gasteiger partial charge in [0, 0.05) is 16.8 Å². The highest BCUT2D eigenvalue weighted by molar-refractivity contribution is 7.99. The molecule has 1 fully saturated rings. The average molecular weight is 273 g/mol. The van der Waals surface area contributed by atoms with E-state index in [2.05, 4.69) is 37.8 Å². The summed E-state index contributed by atoms with van der Waals surface area (Å²) in [7, 11) is 0. The van der Waals surface area contributed by atoms with Gasteiger partial charge >= 0.3 is 0 Å². The quantitative estimate of drug-likeness (QED) is 0.630. The molecule has 1 rings (SSSR count). The second-order valence-corrected chi connectivity index (χ2v) is 7.38. The molecule has 0 saturated heterocycles. The van der Waals surface area contributed by atoms with Crippen molar-refractivity contribution in [2.45, 2.75) is 82.5 Å². The van der Waals surface area contributed by atoms with Crippen LogP contribution < -0.4 is 5.32 Å². The van der Waals surface area contributed by atoms with Gasteiger partial charge in [-0.2, -0.15) is 11.8 Å². The molecule has 1 atom stereocenters. The number of rotatable bonds is 9. The molecule has 108 valence electrons. The first-order valence-corrected chi connectivity index (χ1v) is 8.67. The summed E-state index contributed by atoms with van der Waals surface area (Å²) in [5, 5.41) is 14.2. The van der Waals surface area contributed by atoms with E-state index < -0.39 is 0 Å². The van der Waals surface area contributed by atoms with Crippen LogP contribution in [0.25, 0.3) is 0 Å². The van der Waals surface area contributed by atoms with E-state index in [1.165, 1.54) is 37.9 Å². The molecule has 3 heteroatoms. The van der Waals surface area contributed by atoms with E-state index in [0.29, 0.717) is 6.04 Å². The molecule has 2 nitrogen and oxygen atoms in total. The smallest absolute Gasteiger partial charge is 0.0613 e. The molecule has 1 aliphatic carbocycles. The standard InChI is InChI=1S/C15H31NOS/c1-4-15(12-17,16-13(2)3)10-7-11-18-14-8-5-6-9-14/h13-14,16-17H,4-12H2,1-3H3. The molecule has 0 spiro atoms. The lowest BCUT2D eigenvalue weighted by molar-refractivity contribution is 0.137. The van der Waals surface area contributed by atoms with Crippen molar-refractivity contribution in [1.82, 2.24) is 5.32 Å². The zero-order valence-corrected chi connectivity index (χ0v) is 13.2. The van der Waals surface area contributed by atoms with Crippen molar-refractivity contribution in [2.24, 2.45) is 0 Å². The summed E-state index contributed by atoms with van der Waals surface area (Å²) in [6, 6.07) is 0.444. The number of aliphatic hydroxyl groups is 1. The Morgan fingerprint density at radius 3 is 2.50 bits per heavy atom. The summed E-state index contributed by atoms with van der Waals surface area (Å²) in [6.45, 7) is 6.76. The Hall–Kier alpha value is 0.270. The summed E-state index contributed by atoms with van der Waals surface area (Å²) in [5.41, 5.74) is -0.0512. The van der Waals surface area contributed by atoms with Crippen molar-refractivity contribution < 1.29 is 5.11 Å². The van der Waals surface area contributed by atoms with Gasteiger partial charge in [0.15, 0.2) is 0 Å². The van der Waals surface area contributed by atoms with Crippen molar-refractivity contribution in [1.29, 1.82) is 0 Å². The fourth-order valence-electron chi connectivity index (χ4n) is 2.92. The van der Waals surface area contributed by atoms with Crippen LogP contribution in [-0.2, 0) is 0 Å². The normalized spacial score (nSPS) is 20.5. The molecule has 1 saturated carbocycles. The van der Waals surface area contributed by atoms with Gasteiger partial charge in [0.1, 0.15) is 0 Å². The highest BCUT2D eigenvalue weighted by Crippen LogP contribution is 2.30. The fraction of sp³-hybridized carbons (Fsp3) is 1.00. The van der Waals surface area contributed by atoms with Gasteiger partial charge in [-0.25, -0.2) is 0 Å². The van der Waals surface area contributed by atoms with Gasteiger partial charge in [0.05, 0.1) is 6.61 Å². The Kier molecular flexibility index (Phi) is 7.66. The van der Waals surface area contributed by atoms with Gasteiger partial charge in [-0.15, -0.1) is 0 Å². The number of hydrogen-bond donors (Lipinski definition) is 2. The van der Waals surface area contributed by atoms with Crippen LogP contribution in [-0.4, -0.2) is 34.3 Å². The Balaban J connectivity index is 2.23. The minimum atomic E-state index is -0.0512. The SMILES string of the molecule is CCC(CO)(CCCSC1CCCC1)NC(C)C. The minimum Gasteiger partial charge on any atom is -0.394 e. The molecule has 0 aromatic rings. The maximum Gasteiger partial charge on any atom is 0.0613 e. The van der Waals surface area contributed by atoms with E-state index in [1.807, 2.05) is 0 Å². The third-order valence-electron chi connectivity index (χ3n) is 4.03. The molecule has 1 aliphatic rings. The molecule has 0 aromatic carbocycles. The second kappa shape index (κ2) is 8.44. The summed E-state index contributed by atoms with van der Waals surface area (Å²) >= 11 is 2.16. The molecule has 18 heavy (non-hydrogen) atoms. The predicted octanol–water partition coefficient (Wildman–Crippen LogP) is 3.58. The Labute approximate surface area is 117 Å². The predicted molar refractivity (Wildman–Crippen MR) is 82.3 cm³/mol. The third kappa shape index (κ3) is 5.50. The largest absolute Gasteiger partial charge is 0.394 e. The van der Waals surface area contributed by atoms with Crippen LogP contribution in [0.15, 0.2) is 0 Å². The molecular formula is C15H31NOS.